The van der Waals surface area contributed by atoms with Crippen LogP contribution in [0.2, 0.25) is 0 Å². The lowest BCUT2D eigenvalue weighted by molar-refractivity contribution is -0.169. The number of aliphatic hydroxyl groups is 1. The predicted octanol–water partition coefficient (Wildman–Crippen LogP) is 4.54. The van der Waals surface area contributed by atoms with E-state index in [4.69, 9.17) is 4.74 Å². The van der Waals surface area contributed by atoms with E-state index in [0.717, 1.165) is 37.0 Å². The number of aliphatic hydroxyl groups excluding tert-OH is 1. The number of nitriles is 1. The highest BCUT2D eigenvalue weighted by atomic mass is 16.5. The lowest BCUT2D eigenvalue weighted by Crippen LogP contribution is -2.57. The summed E-state index contributed by atoms with van der Waals surface area (Å²) in [6.07, 6.45) is 9.14. The minimum atomic E-state index is -0.280. The first-order valence-corrected chi connectivity index (χ1v) is 10.6. The van der Waals surface area contributed by atoms with Crippen LogP contribution in [0.4, 0.5) is 0 Å². The Morgan fingerprint density at radius 2 is 1.84 bits per heavy atom. The minimum absolute atomic E-state index is 0.0220. The molecule has 4 fully saturated rings. The van der Waals surface area contributed by atoms with Gasteiger partial charge in [-0.3, -0.25) is 0 Å². The number of hydrogen-bond donors (Lipinski definition) is 1. The van der Waals surface area contributed by atoms with Crippen LogP contribution in [-0.2, 0) is 4.74 Å². The van der Waals surface area contributed by atoms with Gasteiger partial charge in [-0.15, -0.1) is 0 Å². The van der Waals surface area contributed by atoms with Crippen molar-refractivity contribution in [3.63, 3.8) is 0 Å². The largest absolute Gasteiger partial charge is 0.390 e. The van der Waals surface area contributed by atoms with Crippen LogP contribution in [0.1, 0.15) is 72.1 Å². The van der Waals surface area contributed by atoms with Crippen molar-refractivity contribution in [3.8, 4) is 6.07 Å². The van der Waals surface area contributed by atoms with Crippen LogP contribution in [-0.4, -0.2) is 23.9 Å². The highest BCUT2D eigenvalue weighted by molar-refractivity contribution is 5.13. The molecule has 0 aromatic rings. The molecule has 0 aromatic carbocycles. The van der Waals surface area contributed by atoms with Gasteiger partial charge in [-0.2, -0.15) is 5.26 Å². The Kier molecular flexibility index (Phi) is 4.44. The number of nitrogens with zero attached hydrogens (tertiary/aromatic N) is 1. The molecule has 0 aliphatic heterocycles. The van der Waals surface area contributed by atoms with Gasteiger partial charge in [0.15, 0.2) is 0 Å². The number of rotatable bonds is 2. The Morgan fingerprint density at radius 3 is 2.56 bits per heavy atom. The Morgan fingerprint density at radius 1 is 1.08 bits per heavy atom. The first kappa shape index (κ1) is 17.8. The normalized spacial score (nSPS) is 54.9. The second-order valence-electron chi connectivity index (χ2n) is 9.96. The van der Waals surface area contributed by atoms with Gasteiger partial charge in [0.1, 0.15) is 0 Å². The summed E-state index contributed by atoms with van der Waals surface area (Å²) in [6.45, 7) is 7.65. The predicted molar refractivity (Wildman–Crippen MR) is 97.6 cm³/mol. The third kappa shape index (κ3) is 2.51. The third-order valence-corrected chi connectivity index (χ3v) is 9.20. The molecular formula is C22H35NO2. The summed E-state index contributed by atoms with van der Waals surface area (Å²) in [7, 11) is 0. The van der Waals surface area contributed by atoms with Gasteiger partial charge < -0.3 is 9.84 Å². The molecule has 1 N–H and O–H groups in total. The zero-order valence-electron chi connectivity index (χ0n) is 16.2. The van der Waals surface area contributed by atoms with E-state index in [0.29, 0.717) is 17.9 Å². The summed E-state index contributed by atoms with van der Waals surface area (Å²) in [6, 6.07) is 2.64. The second-order valence-corrected chi connectivity index (χ2v) is 9.96. The zero-order valence-corrected chi connectivity index (χ0v) is 16.2. The average Bonchev–Trinajstić information content (AvgIpc) is 2.93. The van der Waals surface area contributed by atoms with Gasteiger partial charge in [-0.05, 0) is 92.8 Å². The highest BCUT2D eigenvalue weighted by Gasteiger charge is 2.61. The lowest BCUT2D eigenvalue weighted by atomic mass is 9.44. The van der Waals surface area contributed by atoms with Crippen LogP contribution in [0.15, 0.2) is 0 Å². The molecule has 0 radical (unpaired) electrons. The van der Waals surface area contributed by atoms with E-state index < -0.39 is 0 Å². The minimum Gasteiger partial charge on any atom is -0.390 e. The molecular weight excluding hydrogens is 310 g/mol. The topological polar surface area (TPSA) is 53.2 Å². The zero-order chi connectivity index (χ0) is 17.8. The quantitative estimate of drug-likeness (QED) is 0.799. The molecule has 0 amide bonds. The van der Waals surface area contributed by atoms with Gasteiger partial charge in [0.05, 0.1) is 24.2 Å². The fourth-order valence-electron chi connectivity index (χ4n) is 7.85. The molecule has 9 atom stereocenters. The Balaban J connectivity index is 1.60. The Bertz CT molecular complexity index is 557. The number of fused-ring (bicyclic) bond motifs is 5. The van der Waals surface area contributed by atoms with Crippen LogP contribution in [0.5, 0.6) is 0 Å². The summed E-state index contributed by atoms with van der Waals surface area (Å²) >= 11 is 0. The Labute approximate surface area is 153 Å². The molecule has 3 heteroatoms. The fraction of sp³-hybridized carbons (Fsp3) is 0.955. The van der Waals surface area contributed by atoms with Gasteiger partial charge in [0, 0.05) is 6.61 Å². The van der Waals surface area contributed by atoms with Crippen LogP contribution in [0.25, 0.3) is 0 Å². The number of hydrogen-bond acceptors (Lipinski definition) is 3. The number of ether oxygens (including phenoxy) is 1. The van der Waals surface area contributed by atoms with Gasteiger partial charge in [0.25, 0.3) is 0 Å². The maximum Gasteiger partial charge on any atom is 0.0839 e. The molecule has 0 bridgehead atoms. The van der Waals surface area contributed by atoms with E-state index in [2.05, 4.69) is 19.9 Å². The SMILES string of the molecule is CCOC1CC2(C)C(CCC3C4CCC(C#N)C4(C)CCC32)CC1O. The summed E-state index contributed by atoms with van der Waals surface area (Å²) in [5, 5.41) is 20.2. The summed E-state index contributed by atoms with van der Waals surface area (Å²) < 4.78 is 5.94. The second kappa shape index (κ2) is 6.24. The van der Waals surface area contributed by atoms with E-state index >= 15 is 0 Å². The third-order valence-electron chi connectivity index (χ3n) is 9.20. The summed E-state index contributed by atoms with van der Waals surface area (Å²) in [5.41, 5.74) is 0.570. The summed E-state index contributed by atoms with van der Waals surface area (Å²) in [4.78, 5) is 0. The fourth-order valence-corrected chi connectivity index (χ4v) is 7.85. The van der Waals surface area contributed by atoms with E-state index in [1.807, 2.05) is 6.92 Å². The molecule has 0 saturated heterocycles. The molecule has 4 saturated carbocycles. The maximum atomic E-state index is 10.5. The van der Waals surface area contributed by atoms with Crippen molar-refractivity contribution in [1.82, 2.24) is 0 Å². The molecule has 0 aromatic heterocycles. The molecule has 4 aliphatic rings. The molecule has 0 heterocycles. The van der Waals surface area contributed by atoms with E-state index in [9.17, 15) is 10.4 Å². The average molecular weight is 346 g/mol. The van der Waals surface area contributed by atoms with Crippen LogP contribution >= 0.6 is 0 Å². The highest BCUT2D eigenvalue weighted by Crippen LogP contribution is 2.67. The first-order valence-electron chi connectivity index (χ1n) is 10.6. The van der Waals surface area contributed by atoms with Crippen molar-refractivity contribution in [2.45, 2.75) is 84.3 Å². The monoisotopic (exact) mass is 345 g/mol. The molecule has 25 heavy (non-hydrogen) atoms. The smallest absolute Gasteiger partial charge is 0.0839 e. The van der Waals surface area contributed by atoms with Crippen molar-refractivity contribution >= 4 is 0 Å². The lowest BCUT2D eigenvalue weighted by Gasteiger charge is -2.61. The molecule has 4 aliphatic carbocycles. The van der Waals surface area contributed by atoms with Gasteiger partial charge >= 0.3 is 0 Å². The molecule has 9 unspecified atom stereocenters. The first-order chi connectivity index (χ1) is 11.9. The standard InChI is InChI=1S/C22H35NO2/c1-4-25-20-12-22(3)14(11-19(20)24)5-7-16-17-8-6-15(13-23)21(17,2)10-9-18(16)22/h14-20,24H,4-12H2,1-3H3. The molecule has 3 nitrogen and oxygen atoms in total. The van der Waals surface area contributed by atoms with Crippen LogP contribution < -0.4 is 0 Å². The maximum absolute atomic E-state index is 10.5. The van der Waals surface area contributed by atoms with E-state index in [-0.39, 0.29) is 23.5 Å². The Hall–Kier alpha value is -0.590. The molecule has 140 valence electrons. The summed E-state index contributed by atoms with van der Waals surface area (Å²) in [5.74, 6) is 3.21. The van der Waals surface area contributed by atoms with Gasteiger partial charge in [0.2, 0.25) is 0 Å². The van der Waals surface area contributed by atoms with Crippen molar-refractivity contribution in [1.29, 1.82) is 5.26 Å². The van der Waals surface area contributed by atoms with Crippen LogP contribution in [0, 0.1) is 51.8 Å². The van der Waals surface area contributed by atoms with E-state index in [1.54, 1.807) is 0 Å². The molecule has 4 rings (SSSR count). The van der Waals surface area contributed by atoms with Crippen LogP contribution in [0.3, 0.4) is 0 Å². The van der Waals surface area contributed by atoms with Crippen molar-refractivity contribution < 1.29 is 9.84 Å². The van der Waals surface area contributed by atoms with Crippen molar-refractivity contribution in [2.75, 3.05) is 6.61 Å². The van der Waals surface area contributed by atoms with Crippen molar-refractivity contribution in [2.24, 2.45) is 40.4 Å². The van der Waals surface area contributed by atoms with Gasteiger partial charge in [-0.25, -0.2) is 0 Å². The van der Waals surface area contributed by atoms with Gasteiger partial charge in [-0.1, -0.05) is 13.8 Å². The van der Waals surface area contributed by atoms with Crippen molar-refractivity contribution in [3.05, 3.63) is 0 Å². The molecule has 0 spiro atoms. The van der Waals surface area contributed by atoms with E-state index in [1.165, 1.54) is 32.1 Å².